The Balaban J connectivity index is 1.16. The van der Waals surface area contributed by atoms with Crippen molar-refractivity contribution in [2.45, 2.75) is 57.8 Å². The number of carboxylic acids is 1. The summed E-state index contributed by atoms with van der Waals surface area (Å²) in [5, 5.41) is 15.8. The lowest BCUT2D eigenvalue weighted by molar-refractivity contribution is 0.0696. The van der Waals surface area contributed by atoms with Gasteiger partial charge in [0.25, 0.3) is 5.91 Å². The van der Waals surface area contributed by atoms with Crippen molar-refractivity contribution in [1.29, 1.82) is 0 Å². The van der Waals surface area contributed by atoms with Crippen LogP contribution < -0.4 is 40.7 Å². The van der Waals surface area contributed by atoms with Crippen LogP contribution in [-0.4, -0.2) is 63.3 Å². The molecule has 0 bridgehead atoms. The molecule has 0 radical (unpaired) electrons. The molecule has 0 saturated heterocycles. The molecule has 9 nitrogen and oxygen atoms in total. The second kappa shape index (κ2) is 13.0. The molecule has 9 rings (SSSR count). The molecular weight excluding hydrogens is 651 g/mol. The standard InChI is InChI=1S/C43H45N5O4/c1-46(30-14-12-29(44)13-15-30)18-6-17-45-42(49)28-11-16-31(43(50)51)34(25-28)37-35-23-26-7-2-19-47-21-4-9-32(38(26)47)40(35)52-41-33-10-5-22-48-20-3-8-27(39(33)48)24-36(37)41/h11-16,23,25H,2-10,17-22,44H2,1H3,(H,45,49)(H,50,51). The number of benzene rings is 4. The summed E-state index contributed by atoms with van der Waals surface area (Å²) in [5.74, 6) is 0.415. The van der Waals surface area contributed by atoms with E-state index in [2.05, 4.69) is 31.8 Å². The first-order valence-electron chi connectivity index (χ1n) is 18.9. The van der Waals surface area contributed by atoms with E-state index in [9.17, 15) is 14.7 Å². The number of amides is 1. The molecule has 5 heterocycles. The number of carboxylic acid groups (broad SMARTS) is 1. The van der Waals surface area contributed by atoms with Gasteiger partial charge in [-0.05, 0) is 104 Å². The monoisotopic (exact) mass is 695 g/mol. The van der Waals surface area contributed by atoms with Crippen LogP contribution in [0.15, 0.2) is 48.5 Å². The lowest BCUT2D eigenvalue weighted by Crippen LogP contribution is -2.45. The van der Waals surface area contributed by atoms with Gasteiger partial charge in [0.1, 0.15) is 24.2 Å². The molecule has 0 aliphatic carbocycles. The van der Waals surface area contributed by atoms with Gasteiger partial charge in [-0.2, -0.15) is 0 Å². The van der Waals surface area contributed by atoms with Crippen LogP contribution in [0, 0.1) is 6.07 Å². The van der Waals surface area contributed by atoms with Crippen molar-refractivity contribution in [1.82, 2.24) is 9.89 Å². The maximum atomic E-state index is 13.7. The number of nitrogens with zero attached hydrogens (tertiary/aromatic N) is 3. The zero-order valence-electron chi connectivity index (χ0n) is 29.8. The molecular formula is C43H45N5O4. The first-order chi connectivity index (χ1) is 25.4. The van der Waals surface area contributed by atoms with Crippen molar-refractivity contribution < 1.29 is 19.4 Å². The van der Waals surface area contributed by atoms with Gasteiger partial charge in [-0.1, -0.05) is 28.5 Å². The Hall–Kier alpha value is -5.31. The van der Waals surface area contributed by atoms with Crippen LogP contribution in [0.1, 0.15) is 86.2 Å². The molecule has 4 N–H and O–H groups in total. The Kier molecular flexibility index (Phi) is 8.16. The largest absolute Gasteiger partial charge is 0.501 e. The molecule has 52 heavy (non-hydrogen) atoms. The fourth-order valence-electron chi connectivity index (χ4n) is 9.23. The van der Waals surface area contributed by atoms with Crippen molar-refractivity contribution in [3.05, 3.63) is 110 Å². The van der Waals surface area contributed by atoms with Crippen molar-refractivity contribution in [2.75, 3.05) is 61.8 Å². The third-order valence-corrected chi connectivity index (χ3v) is 11.6. The molecule has 0 fully saturated rings. The number of carbonyl (C=O) groups is 2. The Morgan fingerprint density at radius 3 is 2.52 bits per heavy atom. The number of aromatic carboxylic acids is 1. The van der Waals surface area contributed by atoms with Crippen LogP contribution in [0.4, 0.5) is 17.1 Å². The Bertz CT molecular complexity index is 2270. The molecule has 9 heteroatoms. The summed E-state index contributed by atoms with van der Waals surface area (Å²) >= 11 is 0. The average molecular weight is 696 g/mol. The zero-order valence-corrected chi connectivity index (χ0v) is 29.8. The number of nitrogens with two attached hydrogens (primary N) is 1. The molecule has 0 unspecified atom stereocenters. The van der Waals surface area contributed by atoms with Crippen LogP contribution in [0.25, 0.3) is 5.57 Å². The van der Waals surface area contributed by atoms with Crippen molar-refractivity contribution in [3.8, 4) is 11.5 Å². The summed E-state index contributed by atoms with van der Waals surface area (Å²) in [6, 6.07) is 18.8. The van der Waals surface area contributed by atoms with Crippen molar-refractivity contribution in [3.63, 3.8) is 0 Å². The Morgan fingerprint density at radius 1 is 0.942 bits per heavy atom. The van der Waals surface area contributed by atoms with E-state index in [1.54, 1.807) is 18.2 Å². The lowest BCUT2D eigenvalue weighted by Gasteiger charge is -2.41. The summed E-state index contributed by atoms with van der Waals surface area (Å²) in [5.41, 5.74) is 16.8. The van der Waals surface area contributed by atoms with E-state index in [1.165, 1.54) is 33.3 Å². The highest BCUT2D eigenvalue weighted by Crippen LogP contribution is 2.48. The summed E-state index contributed by atoms with van der Waals surface area (Å²) < 4.78 is 9.62. The predicted octanol–water partition coefficient (Wildman–Crippen LogP) is 4.46. The Morgan fingerprint density at radius 2 is 1.71 bits per heavy atom. The zero-order chi connectivity index (χ0) is 35.5. The number of nitrogens with one attached hydrogen (secondary N) is 1. The molecule has 4 aromatic carbocycles. The highest BCUT2D eigenvalue weighted by Gasteiger charge is 2.33. The van der Waals surface area contributed by atoms with E-state index < -0.39 is 5.97 Å². The van der Waals surface area contributed by atoms with Crippen molar-refractivity contribution in [2.24, 2.45) is 0 Å². The van der Waals surface area contributed by atoms with Gasteiger partial charge < -0.3 is 30.7 Å². The van der Waals surface area contributed by atoms with Crippen LogP contribution in [0.2, 0.25) is 0 Å². The van der Waals surface area contributed by atoms with Gasteiger partial charge in [-0.15, -0.1) is 6.07 Å². The molecule has 266 valence electrons. The maximum Gasteiger partial charge on any atom is 0.335 e. The number of anilines is 3. The van der Waals surface area contributed by atoms with Gasteiger partial charge in [0.05, 0.1) is 11.3 Å². The summed E-state index contributed by atoms with van der Waals surface area (Å²) in [6.07, 6.45) is 8.72. The number of rotatable bonds is 8. The number of ether oxygens (including phenoxy) is 1. The van der Waals surface area contributed by atoms with E-state index in [-0.39, 0.29) is 11.5 Å². The fourth-order valence-corrected chi connectivity index (χ4v) is 9.23. The lowest BCUT2D eigenvalue weighted by atomic mass is 9.81. The summed E-state index contributed by atoms with van der Waals surface area (Å²) in [6.45, 7) is 5.40. The van der Waals surface area contributed by atoms with Gasteiger partial charge in [0.2, 0.25) is 0 Å². The fraction of sp³-hybridized carbons (Fsp3) is 0.372. The quantitative estimate of drug-likeness (QED) is 0.0952. The molecule has 1 amide bonds. The smallest absolute Gasteiger partial charge is 0.335 e. The van der Waals surface area contributed by atoms with Crippen molar-refractivity contribution >= 4 is 34.5 Å². The number of fused-ring (bicyclic) bond motifs is 4. The van der Waals surface area contributed by atoms with E-state index in [0.29, 0.717) is 17.7 Å². The van der Waals surface area contributed by atoms with Gasteiger partial charge >= 0.3 is 5.97 Å². The summed E-state index contributed by atoms with van der Waals surface area (Å²) in [7, 11) is 2.02. The van der Waals surface area contributed by atoms with E-state index in [1.807, 2.05) is 31.3 Å². The third kappa shape index (κ3) is 5.49. The first kappa shape index (κ1) is 32.6. The molecule has 5 aliphatic heterocycles. The van der Waals surface area contributed by atoms with Gasteiger partial charge in [-0.3, -0.25) is 9.37 Å². The predicted molar refractivity (Wildman–Crippen MR) is 204 cm³/mol. The van der Waals surface area contributed by atoms with Crippen LogP contribution in [-0.2, 0) is 25.7 Å². The minimum atomic E-state index is -1.02. The maximum absolute atomic E-state index is 13.7. The van der Waals surface area contributed by atoms with Gasteiger partial charge in [0.15, 0.2) is 0 Å². The third-order valence-electron chi connectivity index (χ3n) is 11.6. The molecule has 4 aromatic rings. The van der Waals surface area contributed by atoms with E-state index in [4.69, 9.17) is 10.5 Å². The molecule has 0 aromatic heterocycles. The SMILES string of the molecule is CN(CCCNC(=O)c1ccc(C(=O)O)c(C2=c3[c-]c4c5c(c3Oc3c2cc2c6c3CCCN6CCC2)CCC[N+]=5CCC4)c1)c1ccc(N)cc1. The highest BCUT2D eigenvalue weighted by molar-refractivity contribution is 6.02. The normalized spacial score (nSPS) is 16.6. The van der Waals surface area contributed by atoms with E-state index >= 15 is 0 Å². The van der Waals surface area contributed by atoms with Gasteiger partial charge in [0, 0.05) is 74.3 Å². The average Bonchev–Trinajstić information content (AvgIpc) is 3.16. The highest BCUT2D eigenvalue weighted by atomic mass is 16.5. The molecule has 0 saturated carbocycles. The topological polar surface area (TPSA) is 111 Å². The number of hydrogen-bond donors (Lipinski definition) is 3. The minimum Gasteiger partial charge on any atom is -0.501 e. The number of aryl methyl sites for hydroxylation is 2. The number of carbonyl (C=O) groups excluding carboxylic acids is 1. The van der Waals surface area contributed by atoms with Crippen LogP contribution in [0.5, 0.6) is 11.5 Å². The van der Waals surface area contributed by atoms with E-state index in [0.717, 1.165) is 130 Å². The number of nitrogen functional groups attached to an aromatic ring is 1. The molecule has 0 spiro atoms. The van der Waals surface area contributed by atoms with Crippen LogP contribution >= 0.6 is 0 Å². The number of hydrogen-bond acceptors (Lipinski definition) is 6. The Labute approximate surface area is 304 Å². The second-order valence-corrected chi connectivity index (χ2v) is 14.9. The minimum absolute atomic E-state index is 0.171. The molecule has 5 aliphatic rings. The summed E-state index contributed by atoms with van der Waals surface area (Å²) in [4.78, 5) is 31.4. The first-order valence-corrected chi connectivity index (χ1v) is 18.9. The van der Waals surface area contributed by atoms with Gasteiger partial charge in [-0.25, -0.2) is 4.79 Å². The molecule has 0 atom stereocenters. The van der Waals surface area contributed by atoms with Crippen LogP contribution in [0.3, 0.4) is 0 Å². The second-order valence-electron chi connectivity index (χ2n) is 14.9.